The van der Waals surface area contributed by atoms with Crippen molar-refractivity contribution in [3.63, 3.8) is 0 Å². The molecule has 33 heavy (non-hydrogen) atoms. The van der Waals surface area contributed by atoms with Crippen LogP contribution >= 0.6 is 11.6 Å². The summed E-state index contributed by atoms with van der Waals surface area (Å²) in [5, 5.41) is 3.25. The number of para-hydroxylation sites is 2. The molecule has 1 atom stereocenters. The van der Waals surface area contributed by atoms with Crippen LogP contribution < -0.4 is 14.8 Å². The van der Waals surface area contributed by atoms with Crippen LogP contribution in [0.4, 0.5) is 0 Å². The molecule has 0 aliphatic rings. The predicted molar refractivity (Wildman–Crippen MR) is 128 cm³/mol. The minimum Gasteiger partial charge on any atom is -0.493 e. The Kier molecular flexibility index (Phi) is 8.72. The first kappa shape index (κ1) is 24.1. The minimum absolute atomic E-state index is 0.208. The molecule has 0 heterocycles. The van der Waals surface area contributed by atoms with E-state index in [0.717, 1.165) is 11.1 Å². The van der Waals surface area contributed by atoms with Gasteiger partial charge in [0.1, 0.15) is 6.04 Å². The summed E-state index contributed by atoms with van der Waals surface area (Å²) in [5.41, 5.74) is 1.76. The average Bonchev–Trinajstić information content (AvgIpc) is 2.85. The predicted octanol–water partition coefficient (Wildman–Crippen LogP) is 4.11. The number of hydrogen-bond acceptors (Lipinski definition) is 4. The van der Waals surface area contributed by atoms with E-state index in [1.165, 1.54) is 12.0 Å². The molecular weight excluding hydrogens is 440 g/mol. The highest BCUT2D eigenvalue weighted by molar-refractivity contribution is 6.30. The molecule has 0 unspecified atom stereocenters. The number of likely N-dealkylation sites (N-methyl/N-ethyl adjacent to an activating group) is 1. The second-order valence-electron chi connectivity index (χ2n) is 7.41. The van der Waals surface area contributed by atoms with E-state index in [1.807, 2.05) is 48.5 Å². The zero-order valence-corrected chi connectivity index (χ0v) is 19.4. The topological polar surface area (TPSA) is 67.9 Å². The number of ether oxygens (including phenoxy) is 2. The number of methoxy groups -OCH3 is 1. The van der Waals surface area contributed by atoms with Crippen molar-refractivity contribution < 1.29 is 19.1 Å². The minimum atomic E-state index is -0.731. The first-order valence-electron chi connectivity index (χ1n) is 10.6. The van der Waals surface area contributed by atoms with Crippen molar-refractivity contribution in [3.05, 3.63) is 95.0 Å². The van der Waals surface area contributed by atoms with Crippen LogP contribution in [0, 0.1) is 0 Å². The molecule has 0 aromatic heterocycles. The molecule has 172 valence electrons. The molecule has 0 fully saturated rings. The second-order valence-corrected chi connectivity index (χ2v) is 7.85. The normalized spacial score (nSPS) is 11.4. The maximum Gasteiger partial charge on any atom is 0.261 e. The molecule has 3 rings (SSSR count). The first-order valence-corrected chi connectivity index (χ1v) is 10.9. The average molecular weight is 467 g/mol. The highest BCUT2D eigenvalue weighted by Gasteiger charge is 2.30. The number of nitrogens with one attached hydrogen (secondary N) is 1. The number of nitrogens with zero attached hydrogens (tertiary/aromatic N) is 1. The third-order valence-corrected chi connectivity index (χ3v) is 5.41. The van der Waals surface area contributed by atoms with E-state index in [9.17, 15) is 9.59 Å². The van der Waals surface area contributed by atoms with Crippen LogP contribution in [0.3, 0.4) is 0 Å². The van der Waals surface area contributed by atoms with Gasteiger partial charge in [0.2, 0.25) is 5.91 Å². The number of amides is 2. The van der Waals surface area contributed by atoms with Crippen molar-refractivity contribution in [1.82, 2.24) is 10.2 Å². The number of benzene rings is 3. The molecule has 3 aromatic carbocycles. The summed E-state index contributed by atoms with van der Waals surface area (Å²) in [4.78, 5) is 27.8. The van der Waals surface area contributed by atoms with Crippen molar-refractivity contribution in [2.45, 2.75) is 19.0 Å². The number of halogens is 1. The Morgan fingerprint density at radius 1 is 0.939 bits per heavy atom. The number of carbonyl (C=O) groups is 2. The lowest BCUT2D eigenvalue weighted by atomic mass is 10.0. The summed E-state index contributed by atoms with van der Waals surface area (Å²) in [6.45, 7) is -0.0389. The van der Waals surface area contributed by atoms with E-state index < -0.39 is 6.04 Å². The lowest BCUT2D eigenvalue weighted by Crippen LogP contribution is -2.51. The lowest BCUT2D eigenvalue weighted by molar-refractivity contribution is -0.142. The van der Waals surface area contributed by atoms with Crippen LogP contribution in [0.5, 0.6) is 11.5 Å². The molecule has 0 spiro atoms. The Bertz CT molecular complexity index is 1070. The molecule has 0 bridgehead atoms. The van der Waals surface area contributed by atoms with Gasteiger partial charge >= 0.3 is 0 Å². The van der Waals surface area contributed by atoms with E-state index in [2.05, 4.69) is 5.32 Å². The van der Waals surface area contributed by atoms with Gasteiger partial charge in [-0.3, -0.25) is 9.59 Å². The van der Waals surface area contributed by atoms with Gasteiger partial charge in [-0.15, -0.1) is 0 Å². The van der Waals surface area contributed by atoms with Gasteiger partial charge in [-0.1, -0.05) is 66.2 Å². The molecule has 3 aromatic rings. The molecule has 7 heteroatoms. The molecular formula is C26H27ClN2O4. The third-order valence-electron chi connectivity index (χ3n) is 5.18. The van der Waals surface area contributed by atoms with Crippen LogP contribution in [-0.4, -0.2) is 43.5 Å². The molecule has 0 radical (unpaired) electrons. The van der Waals surface area contributed by atoms with Crippen molar-refractivity contribution in [1.29, 1.82) is 0 Å². The van der Waals surface area contributed by atoms with Gasteiger partial charge in [0, 0.05) is 25.0 Å². The summed E-state index contributed by atoms with van der Waals surface area (Å²) >= 11 is 6.16. The van der Waals surface area contributed by atoms with Crippen molar-refractivity contribution in [2.75, 3.05) is 20.8 Å². The fraction of sp³-hybridized carbons (Fsp3) is 0.231. The summed E-state index contributed by atoms with van der Waals surface area (Å²) in [6.07, 6.45) is 0.363. The summed E-state index contributed by atoms with van der Waals surface area (Å²) in [6, 6.07) is 23.2. The zero-order chi connectivity index (χ0) is 23.6. The molecule has 2 amide bonds. The quantitative estimate of drug-likeness (QED) is 0.488. The number of rotatable bonds is 10. The Morgan fingerprint density at radius 3 is 2.27 bits per heavy atom. The van der Waals surface area contributed by atoms with Gasteiger partial charge < -0.3 is 19.7 Å². The van der Waals surface area contributed by atoms with Gasteiger partial charge in [-0.25, -0.2) is 0 Å². The SMILES string of the molecule is CNC(=O)[C@@H](Cc1ccccc1)N(Cc1cccc(Cl)c1)C(=O)COc1ccccc1OC. The Morgan fingerprint density at radius 2 is 1.61 bits per heavy atom. The fourth-order valence-electron chi connectivity index (χ4n) is 3.51. The molecule has 1 N–H and O–H groups in total. The van der Waals surface area contributed by atoms with Crippen LogP contribution in [-0.2, 0) is 22.6 Å². The van der Waals surface area contributed by atoms with Gasteiger partial charge in [-0.05, 0) is 35.4 Å². The van der Waals surface area contributed by atoms with Crippen molar-refractivity contribution >= 4 is 23.4 Å². The van der Waals surface area contributed by atoms with E-state index >= 15 is 0 Å². The standard InChI is InChI=1S/C26H27ClN2O4/c1-28-26(31)22(16-19-9-4-3-5-10-19)29(17-20-11-8-12-21(27)15-20)25(30)18-33-24-14-7-6-13-23(24)32-2/h3-15,22H,16-18H2,1-2H3,(H,28,31)/t22-/m1/s1. The van der Waals surface area contributed by atoms with E-state index in [4.69, 9.17) is 21.1 Å². The first-order chi connectivity index (χ1) is 16.0. The molecule has 0 aliphatic carbocycles. The summed E-state index contributed by atoms with van der Waals surface area (Å²) in [7, 11) is 3.10. The lowest BCUT2D eigenvalue weighted by Gasteiger charge is -2.31. The molecule has 0 saturated heterocycles. The maximum absolute atomic E-state index is 13.4. The largest absolute Gasteiger partial charge is 0.493 e. The Balaban J connectivity index is 1.88. The summed E-state index contributed by atoms with van der Waals surface area (Å²) < 4.78 is 11.1. The van der Waals surface area contributed by atoms with Gasteiger partial charge in [0.25, 0.3) is 5.91 Å². The van der Waals surface area contributed by atoms with Gasteiger partial charge in [0.15, 0.2) is 18.1 Å². The van der Waals surface area contributed by atoms with E-state index in [0.29, 0.717) is 22.9 Å². The number of hydrogen-bond donors (Lipinski definition) is 1. The van der Waals surface area contributed by atoms with Crippen LogP contribution in [0.15, 0.2) is 78.9 Å². The van der Waals surface area contributed by atoms with Crippen molar-refractivity contribution in [2.24, 2.45) is 0 Å². The van der Waals surface area contributed by atoms with Crippen LogP contribution in [0.1, 0.15) is 11.1 Å². The smallest absolute Gasteiger partial charge is 0.261 e. The van der Waals surface area contributed by atoms with Gasteiger partial charge in [0.05, 0.1) is 7.11 Å². The fourth-order valence-corrected chi connectivity index (χ4v) is 3.73. The van der Waals surface area contributed by atoms with Crippen molar-refractivity contribution in [3.8, 4) is 11.5 Å². The number of carbonyl (C=O) groups excluding carboxylic acids is 2. The highest BCUT2D eigenvalue weighted by atomic mass is 35.5. The Hall–Kier alpha value is -3.51. The Labute approximate surface area is 199 Å². The molecule has 6 nitrogen and oxygen atoms in total. The van der Waals surface area contributed by atoms with E-state index in [1.54, 1.807) is 37.4 Å². The summed E-state index contributed by atoms with van der Waals surface area (Å²) in [5.74, 6) is 0.395. The highest BCUT2D eigenvalue weighted by Crippen LogP contribution is 2.26. The second kappa shape index (κ2) is 11.9. The molecule has 0 saturated carbocycles. The van der Waals surface area contributed by atoms with E-state index in [-0.39, 0.29) is 25.0 Å². The zero-order valence-electron chi connectivity index (χ0n) is 18.7. The monoisotopic (exact) mass is 466 g/mol. The third kappa shape index (κ3) is 6.73. The maximum atomic E-state index is 13.4. The van der Waals surface area contributed by atoms with Crippen LogP contribution in [0.25, 0.3) is 0 Å². The van der Waals surface area contributed by atoms with Crippen LogP contribution in [0.2, 0.25) is 5.02 Å². The van der Waals surface area contributed by atoms with Gasteiger partial charge in [-0.2, -0.15) is 0 Å². The molecule has 0 aliphatic heterocycles.